The second kappa shape index (κ2) is 6.08. The Morgan fingerprint density at radius 2 is 1.38 bits per heavy atom. The fraction of sp³-hybridized carbons (Fsp3) is 0. The standard InChI is InChI=1S/C14H9F3N2O2/c15-9-6-7-10(12(17)11(9)16)19-14(21)13(20)18-8-4-2-1-3-5-8/h1-7H,(H,18,20)(H,19,21). The van der Waals surface area contributed by atoms with Crippen molar-refractivity contribution in [2.75, 3.05) is 10.6 Å². The van der Waals surface area contributed by atoms with E-state index in [1.807, 2.05) is 5.32 Å². The number of benzene rings is 2. The third kappa shape index (κ3) is 3.38. The summed E-state index contributed by atoms with van der Waals surface area (Å²) in [7, 11) is 0. The second-order valence-corrected chi connectivity index (χ2v) is 4.00. The number of para-hydroxylation sites is 1. The summed E-state index contributed by atoms with van der Waals surface area (Å²) in [4.78, 5) is 23.1. The smallest absolute Gasteiger partial charge is 0.314 e. The van der Waals surface area contributed by atoms with Gasteiger partial charge in [0.1, 0.15) is 0 Å². The molecule has 2 amide bonds. The molecule has 0 bridgehead atoms. The molecule has 0 unspecified atom stereocenters. The summed E-state index contributed by atoms with van der Waals surface area (Å²) in [5.41, 5.74) is -0.259. The normalized spacial score (nSPS) is 10.0. The van der Waals surface area contributed by atoms with E-state index in [9.17, 15) is 22.8 Å². The summed E-state index contributed by atoms with van der Waals surface area (Å²) in [6.45, 7) is 0. The average Bonchev–Trinajstić information content (AvgIpc) is 2.48. The summed E-state index contributed by atoms with van der Waals surface area (Å²) < 4.78 is 39.1. The lowest BCUT2D eigenvalue weighted by Gasteiger charge is -2.07. The molecule has 7 heteroatoms. The lowest BCUT2D eigenvalue weighted by atomic mass is 10.2. The second-order valence-electron chi connectivity index (χ2n) is 4.00. The third-order valence-corrected chi connectivity index (χ3v) is 2.52. The van der Waals surface area contributed by atoms with Crippen LogP contribution in [-0.2, 0) is 9.59 Å². The van der Waals surface area contributed by atoms with Crippen molar-refractivity contribution in [1.29, 1.82) is 0 Å². The van der Waals surface area contributed by atoms with Crippen LogP contribution in [0.1, 0.15) is 0 Å². The van der Waals surface area contributed by atoms with Gasteiger partial charge in [0.15, 0.2) is 17.5 Å². The molecule has 0 aliphatic heterocycles. The fourth-order valence-electron chi connectivity index (χ4n) is 1.51. The van der Waals surface area contributed by atoms with Gasteiger partial charge in [-0.1, -0.05) is 18.2 Å². The minimum atomic E-state index is -1.73. The Balaban J connectivity index is 2.08. The van der Waals surface area contributed by atoms with Crippen molar-refractivity contribution in [3.63, 3.8) is 0 Å². The number of hydrogen-bond donors (Lipinski definition) is 2. The maximum Gasteiger partial charge on any atom is 0.314 e. The van der Waals surface area contributed by atoms with E-state index >= 15 is 0 Å². The molecule has 2 aromatic rings. The maximum atomic E-state index is 13.4. The molecule has 0 saturated heterocycles. The molecule has 4 nitrogen and oxygen atoms in total. The average molecular weight is 294 g/mol. The van der Waals surface area contributed by atoms with E-state index in [1.165, 1.54) is 0 Å². The number of amides is 2. The summed E-state index contributed by atoms with van der Waals surface area (Å²) >= 11 is 0. The van der Waals surface area contributed by atoms with E-state index in [4.69, 9.17) is 0 Å². The van der Waals surface area contributed by atoms with Crippen molar-refractivity contribution in [3.8, 4) is 0 Å². The lowest BCUT2D eigenvalue weighted by Crippen LogP contribution is -2.29. The zero-order valence-corrected chi connectivity index (χ0v) is 10.5. The highest BCUT2D eigenvalue weighted by Crippen LogP contribution is 2.19. The minimum absolute atomic E-state index is 0.364. The zero-order valence-electron chi connectivity index (χ0n) is 10.5. The van der Waals surface area contributed by atoms with E-state index in [1.54, 1.807) is 30.3 Å². The molecular weight excluding hydrogens is 285 g/mol. The van der Waals surface area contributed by atoms with Gasteiger partial charge in [-0.2, -0.15) is 0 Å². The summed E-state index contributed by atoms with van der Waals surface area (Å²) in [5, 5.41) is 4.13. The maximum absolute atomic E-state index is 13.4. The van der Waals surface area contributed by atoms with Gasteiger partial charge in [-0.15, -0.1) is 0 Å². The first kappa shape index (κ1) is 14.6. The number of nitrogens with one attached hydrogen (secondary N) is 2. The molecule has 0 atom stereocenters. The summed E-state index contributed by atoms with van der Waals surface area (Å²) in [5.74, 6) is -6.96. The van der Waals surface area contributed by atoms with Gasteiger partial charge >= 0.3 is 11.8 Å². The Hall–Kier alpha value is -2.83. The van der Waals surface area contributed by atoms with Crippen molar-refractivity contribution < 1.29 is 22.8 Å². The predicted octanol–water partition coefficient (Wildman–Crippen LogP) is 2.68. The third-order valence-electron chi connectivity index (χ3n) is 2.52. The van der Waals surface area contributed by atoms with Crippen molar-refractivity contribution >= 4 is 23.2 Å². The van der Waals surface area contributed by atoms with E-state index in [2.05, 4.69) is 5.32 Å². The highest BCUT2D eigenvalue weighted by atomic mass is 19.2. The molecule has 0 saturated carbocycles. The predicted molar refractivity (Wildman–Crippen MR) is 70.0 cm³/mol. The highest BCUT2D eigenvalue weighted by molar-refractivity contribution is 6.43. The van der Waals surface area contributed by atoms with Crippen LogP contribution in [0.4, 0.5) is 24.5 Å². The molecule has 2 aromatic carbocycles. The Morgan fingerprint density at radius 3 is 2.05 bits per heavy atom. The first-order chi connectivity index (χ1) is 9.99. The quantitative estimate of drug-likeness (QED) is 0.661. The van der Waals surface area contributed by atoms with Crippen LogP contribution in [-0.4, -0.2) is 11.8 Å². The number of halogens is 3. The van der Waals surface area contributed by atoms with E-state index in [0.29, 0.717) is 11.8 Å². The number of carbonyl (C=O) groups is 2. The molecule has 2 N–H and O–H groups in total. The Bertz CT molecular complexity index is 690. The van der Waals surface area contributed by atoms with Crippen molar-refractivity contribution in [2.24, 2.45) is 0 Å². The van der Waals surface area contributed by atoms with Gasteiger partial charge in [0.25, 0.3) is 0 Å². The topological polar surface area (TPSA) is 58.2 Å². The van der Waals surface area contributed by atoms with Crippen molar-refractivity contribution in [3.05, 3.63) is 59.9 Å². The summed E-state index contributed by atoms with van der Waals surface area (Å²) in [6.07, 6.45) is 0. The first-order valence-corrected chi connectivity index (χ1v) is 5.80. The first-order valence-electron chi connectivity index (χ1n) is 5.80. The van der Waals surface area contributed by atoms with Crippen LogP contribution < -0.4 is 10.6 Å². The largest absolute Gasteiger partial charge is 0.318 e. The molecule has 0 radical (unpaired) electrons. The van der Waals surface area contributed by atoms with Gasteiger partial charge in [0.05, 0.1) is 5.69 Å². The Morgan fingerprint density at radius 1 is 0.762 bits per heavy atom. The van der Waals surface area contributed by atoms with Gasteiger partial charge in [-0.05, 0) is 24.3 Å². The van der Waals surface area contributed by atoms with Crippen molar-refractivity contribution in [1.82, 2.24) is 0 Å². The van der Waals surface area contributed by atoms with Crippen LogP contribution in [0.15, 0.2) is 42.5 Å². The van der Waals surface area contributed by atoms with Crippen LogP contribution in [0, 0.1) is 17.5 Å². The fourth-order valence-corrected chi connectivity index (χ4v) is 1.51. The number of anilines is 2. The van der Waals surface area contributed by atoms with Gasteiger partial charge in [0, 0.05) is 5.69 Å². The minimum Gasteiger partial charge on any atom is -0.318 e. The molecule has 0 aromatic heterocycles. The molecule has 0 aliphatic carbocycles. The molecule has 21 heavy (non-hydrogen) atoms. The van der Waals surface area contributed by atoms with E-state index in [-0.39, 0.29) is 0 Å². The van der Waals surface area contributed by atoms with Crippen LogP contribution in [0.3, 0.4) is 0 Å². The zero-order chi connectivity index (χ0) is 15.4. The van der Waals surface area contributed by atoms with E-state index < -0.39 is 35.0 Å². The Labute approximate surface area is 117 Å². The Kier molecular flexibility index (Phi) is 4.22. The number of rotatable bonds is 2. The molecule has 0 spiro atoms. The van der Waals surface area contributed by atoms with Crippen LogP contribution in [0.25, 0.3) is 0 Å². The van der Waals surface area contributed by atoms with Crippen molar-refractivity contribution in [2.45, 2.75) is 0 Å². The number of hydrogen-bond acceptors (Lipinski definition) is 2. The lowest BCUT2D eigenvalue weighted by molar-refractivity contribution is -0.133. The molecule has 0 aliphatic rings. The molecule has 0 heterocycles. The monoisotopic (exact) mass is 294 g/mol. The van der Waals surface area contributed by atoms with Crippen LogP contribution in [0.5, 0.6) is 0 Å². The van der Waals surface area contributed by atoms with Gasteiger partial charge in [-0.3, -0.25) is 9.59 Å². The van der Waals surface area contributed by atoms with Crippen LogP contribution in [0.2, 0.25) is 0 Å². The van der Waals surface area contributed by atoms with E-state index in [0.717, 1.165) is 6.07 Å². The molecule has 2 rings (SSSR count). The van der Waals surface area contributed by atoms with Gasteiger partial charge in [0.2, 0.25) is 0 Å². The highest BCUT2D eigenvalue weighted by Gasteiger charge is 2.19. The number of carbonyl (C=O) groups excluding carboxylic acids is 2. The summed E-state index contributed by atoms with van der Waals surface area (Å²) in [6, 6.07) is 9.55. The molecule has 0 fully saturated rings. The molecule has 108 valence electrons. The van der Waals surface area contributed by atoms with Gasteiger partial charge in [-0.25, -0.2) is 13.2 Å². The van der Waals surface area contributed by atoms with Crippen LogP contribution >= 0.6 is 0 Å². The van der Waals surface area contributed by atoms with Gasteiger partial charge < -0.3 is 10.6 Å². The SMILES string of the molecule is O=C(Nc1ccccc1)C(=O)Nc1ccc(F)c(F)c1F. The molecular formula is C14H9F3N2O2.